The van der Waals surface area contributed by atoms with Crippen LogP contribution >= 0.6 is 7.60 Å². The van der Waals surface area contributed by atoms with E-state index in [0.29, 0.717) is 37.5 Å². The highest BCUT2D eigenvalue weighted by molar-refractivity contribution is 7.50. The number of anilines is 1. The molecule has 3 aromatic rings. The van der Waals surface area contributed by atoms with E-state index in [2.05, 4.69) is 15.2 Å². The summed E-state index contributed by atoms with van der Waals surface area (Å²) in [5.41, 5.74) is -0.287. The fourth-order valence-corrected chi connectivity index (χ4v) is 3.81. The van der Waals surface area contributed by atoms with Crippen molar-refractivity contribution >= 4 is 35.7 Å². The van der Waals surface area contributed by atoms with E-state index in [1.165, 1.54) is 16.5 Å². The first-order chi connectivity index (χ1) is 13.2. The first-order valence-corrected chi connectivity index (χ1v) is 10.00. The largest absolute Gasteiger partial charge is 0.378 e. The highest BCUT2D eigenvalue weighted by atomic mass is 31.2. The predicted octanol–water partition coefficient (Wildman–Crippen LogP) is -0.00670. The Morgan fingerprint density at radius 3 is 2.64 bits per heavy atom. The fraction of sp³-hybridized carbons (Fsp3) is 0.357. The molecule has 1 aliphatic rings. The lowest BCUT2D eigenvalue weighted by molar-refractivity contribution is -0.384. The number of nitro groups is 1. The van der Waals surface area contributed by atoms with Gasteiger partial charge >= 0.3 is 7.60 Å². The van der Waals surface area contributed by atoms with E-state index in [1.807, 2.05) is 0 Å². The molecule has 1 aromatic carbocycles. The molecule has 3 N–H and O–H groups in total. The molecule has 0 aliphatic carbocycles. The molecule has 0 unspecified atom stereocenters. The number of benzene rings is 1. The fourth-order valence-electron chi connectivity index (χ4n) is 3.24. The lowest BCUT2D eigenvalue weighted by Gasteiger charge is -2.28. The van der Waals surface area contributed by atoms with Crippen LogP contribution in [0.25, 0.3) is 16.7 Å². The molecule has 28 heavy (non-hydrogen) atoms. The number of nitrogens with zero attached hydrogens (tertiary/aromatic N) is 5. The topological polar surface area (TPSA) is 176 Å². The maximum absolute atomic E-state index is 12.3. The van der Waals surface area contributed by atoms with E-state index in [0.717, 1.165) is 0 Å². The third kappa shape index (κ3) is 3.24. The van der Waals surface area contributed by atoms with Crippen molar-refractivity contribution in [2.24, 2.45) is 0 Å². The van der Waals surface area contributed by atoms with E-state index >= 15 is 0 Å². The standard InChI is InChI=1S/C14H15N6O7P/c21-14-13-17-16-12(7-28(24,25)26)19(13)9-6-10(18-1-3-27-4-2-18)11(20(22)23)5-8(9)15-14/h5-6H,1-4,7H2,(H,15,21)(H2,24,25,26). The molecule has 0 radical (unpaired) electrons. The van der Waals surface area contributed by atoms with Crippen LogP contribution in [0.4, 0.5) is 11.4 Å². The molecule has 0 spiro atoms. The lowest BCUT2D eigenvalue weighted by Crippen LogP contribution is -2.36. The summed E-state index contributed by atoms with van der Waals surface area (Å²) >= 11 is 0. The Kier molecular flexibility index (Phi) is 4.38. The van der Waals surface area contributed by atoms with Crippen LogP contribution in [0.5, 0.6) is 0 Å². The smallest absolute Gasteiger partial charge is 0.333 e. The SMILES string of the molecule is O=c1[nH]c2cc([N+](=O)[O-])c(N3CCOCC3)cc2n2c(CP(=O)(O)O)nnc12. The van der Waals surface area contributed by atoms with Crippen molar-refractivity contribution in [1.82, 2.24) is 19.6 Å². The molecule has 1 saturated heterocycles. The van der Waals surface area contributed by atoms with Gasteiger partial charge in [-0.25, -0.2) is 0 Å². The maximum atomic E-state index is 12.3. The first kappa shape index (κ1) is 18.5. The van der Waals surface area contributed by atoms with Crippen molar-refractivity contribution in [3.8, 4) is 0 Å². The highest BCUT2D eigenvalue weighted by Gasteiger charge is 2.26. The van der Waals surface area contributed by atoms with E-state index in [1.54, 1.807) is 4.90 Å². The van der Waals surface area contributed by atoms with Gasteiger partial charge in [0.2, 0.25) is 5.65 Å². The molecule has 1 aliphatic heterocycles. The van der Waals surface area contributed by atoms with Crippen molar-refractivity contribution < 1.29 is 24.0 Å². The van der Waals surface area contributed by atoms with E-state index in [4.69, 9.17) is 4.74 Å². The van der Waals surface area contributed by atoms with Gasteiger partial charge in [0.05, 0.1) is 29.2 Å². The van der Waals surface area contributed by atoms with Crippen molar-refractivity contribution in [2.75, 3.05) is 31.2 Å². The van der Waals surface area contributed by atoms with Crippen LogP contribution in [0.2, 0.25) is 0 Å². The number of nitro benzene ring substituents is 1. The Hall–Kier alpha value is -2.86. The van der Waals surface area contributed by atoms with Gasteiger partial charge in [0.1, 0.15) is 17.7 Å². The summed E-state index contributed by atoms with van der Waals surface area (Å²) in [6, 6.07) is 2.72. The summed E-state index contributed by atoms with van der Waals surface area (Å²) in [4.78, 5) is 46.2. The third-order valence-electron chi connectivity index (χ3n) is 4.41. The zero-order chi connectivity index (χ0) is 20.1. The summed E-state index contributed by atoms with van der Waals surface area (Å²) in [6.07, 6.45) is -0.726. The molecule has 14 heteroatoms. The normalized spacial score (nSPS) is 15.4. The summed E-state index contributed by atoms with van der Waals surface area (Å²) in [5, 5.41) is 19.0. The Morgan fingerprint density at radius 1 is 1.29 bits per heavy atom. The van der Waals surface area contributed by atoms with E-state index in [-0.39, 0.29) is 22.7 Å². The number of nitrogens with one attached hydrogen (secondary N) is 1. The van der Waals surface area contributed by atoms with Gasteiger partial charge in [-0.05, 0) is 6.07 Å². The Labute approximate surface area is 155 Å². The number of hydrogen-bond acceptors (Lipinski definition) is 8. The average Bonchev–Trinajstić information content (AvgIpc) is 3.04. The van der Waals surface area contributed by atoms with Gasteiger partial charge < -0.3 is 24.4 Å². The molecule has 148 valence electrons. The monoisotopic (exact) mass is 410 g/mol. The van der Waals surface area contributed by atoms with Crippen LogP contribution in [0, 0.1) is 10.1 Å². The van der Waals surface area contributed by atoms with Gasteiger partial charge in [-0.15, -0.1) is 10.2 Å². The molecule has 0 atom stereocenters. The van der Waals surface area contributed by atoms with Crippen LogP contribution in [-0.4, -0.2) is 60.6 Å². The number of morpholine rings is 1. The van der Waals surface area contributed by atoms with Crippen molar-refractivity contribution in [2.45, 2.75) is 6.16 Å². The zero-order valence-corrected chi connectivity index (χ0v) is 15.2. The second-order valence-corrected chi connectivity index (χ2v) is 7.91. The molecule has 3 heterocycles. The molecular formula is C14H15N6O7P. The van der Waals surface area contributed by atoms with Gasteiger partial charge in [-0.3, -0.25) is 23.9 Å². The molecule has 1 fully saturated rings. The average molecular weight is 410 g/mol. The van der Waals surface area contributed by atoms with Crippen molar-refractivity contribution in [3.05, 3.63) is 38.4 Å². The number of hydrogen-bond donors (Lipinski definition) is 3. The van der Waals surface area contributed by atoms with Crippen LogP contribution < -0.4 is 10.5 Å². The Morgan fingerprint density at radius 2 is 2.00 bits per heavy atom. The number of aromatic nitrogens is 4. The summed E-state index contributed by atoms with van der Waals surface area (Å²) in [5.74, 6) is -0.110. The molecule has 0 saturated carbocycles. The molecular weight excluding hydrogens is 395 g/mol. The molecule has 13 nitrogen and oxygen atoms in total. The second kappa shape index (κ2) is 6.63. The number of rotatable bonds is 4. The van der Waals surface area contributed by atoms with Crippen LogP contribution in [0.3, 0.4) is 0 Å². The summed E-state index contributed by atoms with van der Waals surface area (Å²) in [6.45, 7) is 1.70. The van der Waals surface area contributed by atoms with Gasteiger partial charge in [0.25, 0.3) is 11.2 Å². The first-order valence-electron chi connectivity index (χ1n) is 8.20. The number of ether oxygens (including phenoxy) is 1. The minimum absolute atomic E-state index is 0.110. The van der Waals surface area contributed by atoms with Crippen molar-refractivity contribution in [3.63, 3.8) is 0 Å². The van der Waals surface area contributed by atoms with Gasteiger partial charge in [-0.1, -0.05) is 0 Å². The maximum Gasteiger partial charge on any atom is 0.333 e. The minimum Gasteiger partial charge on any atom is -0.378 e. The predicted molar refractivity (Wildman–Crippen MR) is 96.5 cm³/mol. The summed E-state index contributed by atoms with van der Waals surface area (Å²) < 4.78 is 17.9. The summed E-state index contributed by atoms with van der Waals surface area (Å²) in [7, 11) is -4.49. The van der Waals surface area contributed by atoms with Crippen LogP contribution in [-0.2, 0) is 15.5 Å². The second-order valence-electron chi connectivity index (χ2n) is 6.27. The lowest BCUT2D eigenvalue weighted by atomic mass is 10.2. The van der Waals surface area contributed by atoms with E-state index in [9.17, 15) is 29.3 Å². The van der Waals surface area contributed by atoms with Gasteiger partial charge in [-0.2, -0.15) is 0 Å². The number of H-pyrrole nitrogens is 1. The quantitative estimate of drug-likeness (QED) is 0.301. The third-order valence-corrected chi connectivity index (χ3v) is 5.11. The minimum atomic E-state index is -4.49. The number of aromatic amines is 1. The highest BCUT2D eigenvalue weighted by Crippen LogP contribution is 2.39. The molecule has 0 bridgehead atoms. The van der Waals surface area contributed by atoms with Crippen LogP contribution in [0.1, 0.15) is 5.82 Å². The van der Waals surface area contributed by atoms with Gasteiger partial charge in [0.15, 0.2) is 0 Å². The number of fused-ring (bicyclic) bond motifs is 3. The Balaban J connectivity index is 2.03. The van der Waals surface area contributed by atoms with Crippen molar-refractivity contribution in [1.29, 1.82) is 0 Å². The van der Waals surface area contributed by atoms with Gasteiger partial charge in [0, 0.05) is 19.2 Å². The molecule has 4 rings (SSSR count). The zero-order valence-electron chi connectivity index (χ0n) is 14.3. The molecule has 0 amide bonds. The van der Waals surface area contributed by atoms with E-state index < -0.39 is 24.2 Å². The molecule has 2 aromatic heterocycles. The Bertz CT molecular complexity index is 1190. The van der Waals surface area contributed by atoms with Crippen LogP contribution in [0.15, 0.2) is 16.9 Å².